The summed E-state index contributed by atoms with van der Waals surface area (Å²) in [5.41, 5.74) is 6.29. The van der Waals surface area contributed by atoms with Gasteiger partial charge in [0.25, 0.3) is 0 Å². The van der Waals surface area contributed by atoms with Gasteiger partial charge in [-0.15, -0.1) is 0 Å². The SMILES string of the molecule is CCCCc1ccc(C2CCc3cc(C#Cc4ccc(F)cc4)ccc3C2)c(F)c1. The topological polar surface area (TPSA) is 0 Å². The zero-order valence-electron chi connectivity index (χ0n) is 17.3. The Labute approximate surface area is 178 Å². The van der Waals surface area contributed by atoms with Gasteiger partial charge in [0, 0.05) is 11.1 Å². The molecule has 0 bridgehead atoms. The van der Waals surface area contributed by atoms with E-state index < -0.39 is 0 Å². The Morgan fingerprint density at radius 1 is 0.867 bits per heavy atom. The van der Waals surface area contributed by atoms with Crippen LogP contribution in [0, 0.1) is 23.5 Å². The predicted molar refractivity (Wildman–Crippen MR) is 119 cm³/mol. The van der Waals surface area contributed by atoms with Gasteiger partial charge in [0.1, 0.15) is 11.6 Å². The third-order valence-corrected chi connectivity index (χ3v) is 5.95. The molecular formula is C28H26F2. The van der Waals surface area contributed by atoms with Gasteiger partial charge in [-0.3, -0.25) is 0 Å². The summed E-state index contributed by atoms with van der Waals surface area (Å²) in [6.07, 6.45) is 5.92. The molecule has 1 atom stereocenters. The fourth-order valence-corrected chi connectivity index (χ4v) is 4.21. The Bertz CT molecular complexity index is 1080. The first-order valence-electron chi connectivity index (χ1n) is 10.8. The molecule has 0 N–H and O–H groups in total. The number of fused-ring (bicyclic) bond motifs is 1. The zero-order valence-corrected chi connectivity index (χ0v) is 17.3. The molecule has 0 saturated heterocycles. The van der Waals surface area contributed by atoms with Crippen LogP contribution in [0.2, 0.25) is 0 Å². The van der Waals surface area contributed by atoms with Crippen molar-refractivity contribution in [1.82, 2.24) is 0 Å². The standard InChI is InChI=1S/C28H26F2/c1-2-3-4-21-10-16-27(28(30)18-21)25-13-12-23-17-22(7-11-24(23)19-25)6-5-20-8-14-26(29)15-9-20/h7-11,14-18,25H,2-4,12-13,19H2,1H3. The summed E-state index contributed by atoms with van der Waals surface area (Å²) < 4.78 is 27.8. The van der Waals surface area contributed by atoms with Gasteiger partial charge in [0.15, 0.2) is 0 Å². The Hall–Kier alpha value is -2.92. The molecule has 0 spiro atoms. The monoisotopic (exact) mass is 400 g/mol. The van der Waals surface area contributed by atoms with Crippen molar-refractivity contribution >= 4 is 0 Å². The number of halogens is 2. The number of rotatable bonds is 4. The molecule has 4 rings (SSSR count). The molecule has 0 nitrogen and oxygen atoms in total. The lowest BCUT2D eigenvalue weighted by molar-refractivity contribution is 0.532. The largest absolute Gasteiger partial charge is 0.207 e. The van der Waals surface area contributed by atoms with E-state index in [1.807, 2.05) is 12.1 Å². The number of aryl methyl sites for hydroxylation is 2. The van der Waals surface area contributed by atoms with E-state index in [9.17, 15) is 8.78 Å². The third-order valence-electron chi connectivity index (χ3n) is 5.95. The molecule has 30 heavy (non-hydrogen) atoms. The second-order valence-electron chi connectivity index (χ2n) is 8.14. The van der Waals surface area contributed by atoms with Gasteiger partial charge in [0.05, 0.1) is 0 Å². The van der Waals surface area contributed by atoms with Crippen molar-refractivity contribution in [2.75, 3.05) is 0 Å². The number of benzene rings is 3. The first-order valence-corrected chi connectivity index (χ1v) is 10.8. The lowest BCUT2D eigenvalue weighted by atomic mass is 9.79. The van der Waals surface area contributed by atoms with E-state index in [1.54, 1.807) is 18.2 Å². The summed E-state index contributed by atoms with van der Waals surface area (Å²) >= 11 is 0. The van der Waals surface area contributed by atoms with E-state index >= 15 is 0 Å². The van der Waals surface area contributed by atoms with Crippen molar-refractivity contribution in [1.29, 1.82) is 0 Å². The van der Waals surface area contributed by atoms with Gasteiger partial charge in [-0.2, -0.15) is 0 Å². The minimum atomic E-state index is -0.254. The van der Waals surface area contributed by atoms with Crippen LogP contribution in [0.5, 0.6) is 0 Å². The molecule has 0 heterocycles. The Kier molecular flexibility index (Phi) is 6.29. The fraction of sp³-hybridized carbons (Fsp3) is 0.286. The van der Waals surface area contributed by atoms with Crippen LogP contribution in [-0.4, -0.2) is 0 Å². The lowest BCUT2D eigenvalue weighted by Crippen LogP contribution is -2.14. The van der Waals surface area contributed by atoms with Crippen LogP contribution in [0.4, 0.5) is 8.78 Å². The van der Waals surface area contributed by atoms with Gasteiger partial charge in [0.2, 0.25) is 0 Å². The Morgan fingerprint density at radius 3 is 2.40 bits per heavy atom. The number of hydrogen-bond donors (Lipinski definition) is 0. The smallest absolute Gasteiger partial charge is 0.126 e. The highest BCUT2D eigenvalue weighted by atomic mass is 19.1. The van der Waals surface area contributed by atoms with Gasteiger partial charge in [-0.1, -0.05) is 43.4 Å². The summed E-state index contributed by atoms with van der Waals surface area (Å²) in [7, 11) is 0. The molecule has 0 aromatic heterocycles. The van der Waals surface area contributed by atoms with Crippen LogP contribution in [0.25, 0.3) is 0 Å². The van der Waals surface area contributed by atoms with E-state index in [2.05, 4.69) is 37.0 Å². The second-order valence-corrected chi connectivity index (χ2v) is 8.14. The third kappa shape index (κ3) is 4.79. The molecule has 2 heteroatoms. The van der Waals surface area contributed by atoms with Crippen LogP contribution in [0.3, 0.4) is 0 Å². The molecule has 0 amide bonds. The maximum Gasteiger partial charge on any atom is 0.126 e. The van der Waals surface area contributed by atoms with Crippen LogP contribution >= 0.6 is 0 Å². The molecule has 1 aliphatic rings. The average Bonchev–Trinajstić information content (AvgIpc) is 2.77. The van der Waals surface area contributed by atoms with E-state index in [1.165, 1.54) is 23.3 Å². The molecule has 3 aromatic carbocycles. The minimum absolute atomic E-state index is 0.0566. The minimum Gasteiger partial charge on any atom is -0.207 e. The highest BCUT2D eigenvalue weighted by Gasteiger charge is 2.22. The molecule has 3 aromatic rings. The van der Waals surface area contributed by atoms with Crippen molar-refractivity contribution in [3.8, 4) is 11.8 Å². The summed E-state index contributed by atoms with van der Waals surface area (Å²) in [4.78, 5) is 0. The summed E-state index contributed by atoms with van der Waals surface area (Å²) in [6, 6.07) is 18.3. The highest BCUT2D eigenvalue weighted by Crippen LogP contribution is 2.34. The van der Waals surface area contributed by atoms with Crippen LogP contribution < -0.4 is 0 Å². The van der Waals surface area contributed by atoms with Crippen molar-refractivity contribution in [3.63, 3.8) is 0 Å². The summed E-state index contributed by atoms with van der Waals surface area (Å²) in [5.74, 6) is 6.18. The van der Waals surface area contributed by atoms with Crippen molar-refractivity contribution in [2.24, 2.45) is 0 Å². The quantitative estimate of drug-likeness (QED) is 0.415. The van der Waals surface area contributed by atoms with E-state index in [0.29, 0.717) is 0 Å². The van der Waals surface area contributed by atoms with Gasteiger partial charge < -0.3 is 0 Å². The van der Waals surface area contributed by atoms with Crippen molar-refractivity contribution in [2.45, 2.75) is 51.4 Å². The van der Waals surface area contributed by atoms with Gasteiger partial charge in [-0.05, 0) is 103 Å². The van der Waals surface area contributed by atoms with Crippen LogP contribution in [-0.2, 0) is 19.3 Å². The second kappa shape index (κ2) is 9.26. The summed E-state index contributed by atoms with van der Waals surface area (Å²) in [5, 5.41) is 0. The number of hydrogen-bond acceptors (Lipinski definition) is 0. The van der Waals surface area contributed by atoms with Gasteiger partial charge in [-0.25, -0.2) is 8.78 Å². The zero-order chi connectivity index (χ0) is 20.9. The molecule has 1 unspecified atom stereocenters. The lowest BCUT2D eigenvalue weighted by Gasteiger charge is -2.25. The number of unbranched alkanes of at least 4 members (excludes halogenated alkanes) is 1. The van der Waals surface area contributed by atoms with E-state index in [4.69, 9.17) is 0 Å². The molecule has 0 aliphatic heterocycles. The average molecular weight is 401 g/mol. The summed E-state index contributed by atoms with van der Waals surface area (Å²) in [6.45, 7) is 2.16. The molecule has 0 saturated carbocycles. The maximum atomic E-state index is 14.7. The van der Waals surface area contributed by atoms with E-state index in [-0.39, 0.29) is 17.6 Å². The van der Waals surface area contributed by atoms with Crippen molar-refractivity contribution in [3.05, 3.63) is 106 Å². The predicted octanol–water partition coefficient (Wildman–Crippen LogP) is 6.98. The first kappa shape index (κ1) is 20.4. The Morgan fingerprint density at radius 2 is 1.63 bits per heavy atom. The molecule has 1 aliphatic carbocycles. The first-order chi connectivity index (χ1) is 14.6. The molecule has 0 fully saturated rings. The normalized spacial score (nSPS) is 15.2. The van der Waals surface area contributed by atoms with Crippen LogP contribution in [0.1, 0.15) is 65.5 Å². The van der Waals surface area contributed by atoms with Crippen LogP contribution in [0.15, 0.2) is 60.7 Å². The molecule has 152 valence electrons. The van der Waals surface area contributed by atoms with E-state index in [0.717, 1.165) is 60.8 Å². The maximum absolute atomic E-state index is 14.7. The molecular weight excluding hydrogens is 374 g/mol. The fourth-order valence-electron chi connectivity index (χ4n) is 4.21. The molecule has 0 radical (unpaired) electrons. The Balaban J connectivity index is 1.48. The van der Waals surface area contributed by atoms with Gasteiger partial charge >= 0.3 is 0 Å². The van der Waals surface area contributed by atoms with Crippen molar-refractivity contribution < 1.29 is 8.78 Å². The highest BCUT2D eigenvalue weighted by molar-refractivity contribution is 5.47.